The van der Waals surface area contributed by atoms with Gasteiger partial charge < -0.3 is 4.81 Å². The Morgan fingerprint density at radius 2 is 2.00 bits per heavy atom. The Morgan fingerprint density at radius 3 is 2.23 bits per heavy atom. The van der Waals surface area contributed by atoms with Gasteiger partial charge in [0.05, 0.1) is 0 Å². The standard InChI is InChI=1S/C9H18B2BrN/c1-9(2,3)13-7-6-8(10(4)12)11(13)5/h6-8H,1-5H3/t8-/m0/s1. The maximum Gasteiger partial charge on any atom is 0.251 e. The first-order chi connectivity index (χ1) is 5.84. The maximum atomic E-state index is 3.66. The molecule has 0 bridgehead atoms. The van der Waals surface area contributed by atoms with E-state index in [1.54, 1.807) is 0 Å². The Labute approximate surface area is 91.1 Å². The predicted molar refractivity (Wildman–Crippen MR) is 66.6 cm³/mol. The molecule has 0 aromatic heterocycles. The molecule has 72 valence electrons. The van der Waals surface area contributed by atoms with E-state index in [0.717, 1.165) is 0 Å². The molecule has 0 aromatic carbocycles. The van der Waals surface area contributed by atoms with Gasteiger partial charge in [-0.05, 0) is 32.7 Å². The van der Waals surface area contributed by atoms with Gasteiger partial charge in [-0.3, -0.25) is 0 Å². The molecule has 1 heterocycles. The molecule has 0 unspecified atom stereocenters. The molecule has 0 radical (unpaired) electrons. The number of halogens is 1. The fourth-order valence-electron chi connectivity index (χ4n) is 2.05. The van der Waals surface area contributed by atoms with E-state index < -0.39 is 0 Å². The Morgan fingerprint density at radius 1 is 1.46 bits per heavy atom. The summed E-state index contributed by atoms with van der Waals surface area (Å²) in [4.78, 5) is 2.44. The van der Waals surface area contributed by atoms with Crippen LogP contribution in [0.15, 0.2) is 12.3 Å². The highest BCUT2D eigenvalue weighted by atomic mass is 79.9. The van der Waals surface area contributed by atoms with Crippen molar-refractivity contribution >= 4 is 28.1 Å². The van der Waals surface area contributed by atoms with E-state index in [1.807, 2.05) is 0 Å². The van der Waals surface area contributed by atoms with Crippen molar-refractivity contribution in [3.8, 4) is 0 Å². The van der Waals surface area contributed by atoms with Crippen molar-refractivity contribution < 1.29 is 0 Å². The molecule has 1 rings (SSSR count). The van der Waals surface area contributed by atoms with Crippen molar-refractivity contribution in [1.29, 1.82) is 0 Å². The first-order valence-electron chi connectivity index (χ1n) is 4.95. The van der Waals surface area contributed by atoms with Crippen molar-refractivity contribution in [3.05, 3.63) is 12.3 Å². The van der Waals surface area contributed by atoms with E-state index in [1.165, 1.54) is 0 Å². The monoisotopic (exact) mass is 241 g/mol. The summed E-state index contributed by atoms with van der Waals surface area (Å²) in [6.07, 6.45) is 4.56. The van der Waals surface area contributed by atoms with E-state index >= 15 is 0 Å². The second kappa shape index (κ2) is 3.72. The number of hydrogen-bond donors (Lipinski definition) is 0. The van der Waals surface area contributed by atoms with Crippen LogP contribution >= 0.6 is 15.8 Å². The average Bonchev–Trinajstić information content (AvgIpc) is 2.28. The van der Waals surface area contributed by atoms with Gasteiger partial charge in [-0.2, -0.15) is 15.8 Å². The van der Waals surface area contributed by atoms with Gasteiger partial charge >= 0.3 is 0 Å². The largest absolute Gasteiger partial charge is 0.417 e. The fourth-order valence-corrected chi connectivity index (χ4v) is 2.66. The summed E-state index contributed by atoms with van der Waals surface area (Å²) in [5, 5.41) is 0. The molecule has 0 aromatic rings. The van der Waals surface area contributed by atoms with Gasteiger partial charge in [-0.1, -0.05) is 19.7 Å². The molecule has 0 fully saturated rings. The molecule has 1 nitrogen and oxygen atoms in total. The molecule has 1 aliphatic rings. The van der Waals surface area contributed by atoms with Crippen LogP contribution in [0.4, 0.5) is 0 Å². The van der Waals surface area contributed by atoms with Gasteiger partial charge in [0.25, 0.3) is 6.85 Å². The molecule has 1 atom stereocenters. The smallest absolute Gasteiger partial charge is 0.251 e. The third-order valence-corrected chi connectivity index (χ3v) is 3.38. The molecular formula is C9H18B2BrN. The number of nitrogens with zero attached hydrogens (tertiary/aromatic N) is 1. The summed E-state index contributed by atoms with van der Waals surface area (Å²) >= 11 is 3.66. The molecule has 0 spiro atoms. The zero-order valence-corrected chi connectivity index (χ0v) is 10.8. The topological polar surface area (TPSA) is 3.24 Å². The molecule has 13 heavy (non-hydrogen) atoms. The van der Waals surface area contributed by atoms with Crippen LogP contribution in [0.1, 0.15) is 20.8 Å². The minimum absolute atomic E-state index is 0.243. The quantitative estimate of drug-likeness (QED) is 0.638. The second-order valence-corrected chi connectivity index (χ2v) is 6.36. The van der Waals surface area contributed by atoms with Crippen LogP contribution in [0, 0.1) is 0 Å². The Kier molecular flexibility index (Phi) is 3.21. The summed E-state index contributed by atoms with van der Waals surface area (Å²) in [5.41, 5.74) is 1.44. The first kappa shape index (κ1) is 11.2. The number of rotatable bonds is 1. The van der Waals surface area contributed by atoms with Crippen LogP contribution in [0.5, 0.6) is 0 Å². The molecule has 0 saturated carbocycles. The molecule has 1 aliphatic heterocycles. The summed E-state index contributed by atoms with van der Waals surface area (Å²) in [6.45, 7) is 11.9. The highest BCUT2D eigenvalue weighted by Crippen LogP contribution is 2.32. The van der Waals surface area contributed by atoms with Crippen LogP contribution in [0.2, 0.25) is 19.4 Å². The second-order valence-electron chi connectivity index (χ2n) is 4.92. The molecule has 0 saturated heterocycles. The van der Waals surface area contributed by atoms with E-state index in [0.29, 0.717) is 18.1 Å². The lowest BCUT2D eigenvalue weighted by Gasteiger charge is -2.37. The molecule has 0 amide bonds. The molecule has 0 aliphatic carbocycles. The molecule has 4 heteroatoms. The van der Waals surface area contributed by atoms with Gasteiger partial charge in [0.15, 0.2) is 0 Å². The van der Waals surface area contributed by atoms with Crippen LogP contribution in [-0.2, 0) is 0 Å². The Bertz CT molecular complexity index is 210. The van der Waals surface area contributed by atoms with Crippen molar-refractivity contribution in [2.75, 3.05) is 0 Å². The summed E-state index contributed by atoms with van der Waals surface area (Å²) in [7, 11) is 0. The fraction of sp³-hybridized carbons (Fsp3) is 0.778. The van der Waals surface area contributed by atoms with Crippen molar-refractivity contribution in [3.63, 3.8) is 0 Å². The summed E-state index contributed by atoms with van der Waals surface area (Å²) in [5.74, 6) is 0. The highest BCUT2D eigenvalue weighted by molar-refractivity contribution is 9.24. The Hall–Kier alpha value is 0.150. The summed E-state index contributed by atoms with van der Waals surface area (Å²) < 4.78 is 0. The third kappa shape index (κ3) is 2.34. The van der Waals surface area contributed by atoms with Crippen LogP contribution in [0.25, 0.3) is 0 Å². The zero-order chi connectivity index (χ0) is 10.2. The lowest BCUT2D eigenvalue weighted by Crippen LogP contribution is -2.46. The lowest BCUT2D eigenvalue weighted by molar-refractivity contribution is 0.327. The normalized spacial score (nSPS) is 22.8. The highest BCUT2D eigenvalue weighted by Gasteiger charge is 2.37. The third-order valence-electron chi connectivity index (χ3n) is 2.77. The maximum absolute atomic E-state index is 3.66. The number of hydrogen-bond acceptors (Lipinski definition) is 1. The van der Waals surface area contributed by atoms with E-state index in [2.05, 4.69) is 67.3 Å². The van der Waals surface area contributed by atoms with Crippen molar-refractivity contribution in [2.24, 2.45) is 0 Å². The zero-order valence-electron chi connectivity index (χ0n) is 9.21. The van der Waals surface area contributed by atoms with E-state index in [9.17, 15) is 0 Å². The minimum Gasteiger partial charge on any atom is -0.417 e. The predicted octanol–water partition coefficient (Wildman–Crippen LogP) is 3.16. The lowest BCUT2D eigenvalue weighted by atomic mass is 9.39. The van der Waals surface area contributed by atoms with Crippen LogP contribution in [0.3, 0.4) is 0 Å². The van der Waals surface area contributed by atoms with Crippen molar-refractivity contribution in [2.45, 2.75) is 45.7 Å². The minimum atomic E-state index is 0.243. The SMILES string of the molecule is CB(Br)[C@@H]1C=CN(C(C)(C)C)B1C. The van der Waals surface area contributed by atoms with Crippen LogP contribution < -0.4 is 0 Å². The molecular weight excluding hydrogens is 224 g/mol. The van der Waals surface area contributed by atoms with Gasteiger partial charge in [0.2, 0.25) is 5.54 Å². The summed E-state index contributed by atoms with van der Waals surface area (Å²) in [6, 6.07) is 0. The van der Waals surface area contributed by atoms with E-state index in [4.69, 9.17) is 0 Å². The van der Waals surface area contributed by atoms with Crippen LogP contribution in [-0.4, -0.2) is 22.7 Å². The van der Waals surface area contributed by atoms with Gasteiger partial charge in [-0.15, -0.1) is 0 Å². The van der Waals surface area contributed by atoms with Gasteiger partial charge in [0, 0.05) is 5.54 Å². The van der Waals surface area contributed by atoms with Gasteiger partial charge in [0.1, 0.15) is 0 Å². The van der Waals surface area contributed by atoms with Gasteiger partial charge in [-0.25, -0.2) is 0 Å². The Balaban J connectivity index is 2.72. The van der Waals surface area contributed by atoms with E-state index in [-0.39, 0.29) is 5.54 Å². The van der Waals surface area contributed by atoms with Crippen molar-refractivity contribution in [1.82, 2.24) is 4.81 Å². The first-order valence-corrected chi connectivity index (χ1v) is 5.86. The average molecular weight is 242 g/mol. The number of allylic oxidation sites excluding steroid dienone is 1. The molecule has 0 N–H and O–H groups in total.